The zero-order valence-corrected chi connectivity index (χ0v) is 14.5. The van der Waals surface area contributed by atoms with Crippen LogP contribution in [0.5, 0.6) is 5.75 Å². The number of carbonyl (C=O) groups excluding carboxylic acids is 1. The van der Waals surface area contributed by atoms with Crippen LogP contribution in [0, 0.1) is 0 Å². The van der Waals surface area contributed by atoms with Crippen molar-refractivity contribution >= 4 is 16.8 Å². The number of fused-ring (bicyclic) bond motifs is 3. The van der Waals surface area contributed by atoms with E-state index in [1.165, 1.54) is 12.1 Å². The van der Waals surface area contributed by atoms with E-state index < -0.39 is 11.7 Å². The highest BCUT2D eigenvalue weighted by atomic mass is 19.4. The van der Waals surface area contributed by atoms with Crippen LogP contribution in [0.4, 0.5) is 13.2 Å². The molecule has 1 aliphatic rings. The van der Waals surface area contributed by atoms with E-state index in [1.807, 2.05) is 18.2 Å². The number of amides is 1. The first-order valence-electron chi connectivity index (χ1n) is 8.51. The van der Waals surface area contributed by atoms with Crippen LogP contribution in [0.15, 0.2) is 42.5 Å². The Hall–Kier alpha value is -2.96. The van der Waals surface area contributed by atoms with Gasteiger partial charge in [0.25, 0.3) is 5.91 Å². The highest BCUT2D eigenvalue weighted by Gasteiger charge is 2.31. The van der Waals surface area contributed by atoms with Gasteiger partial charge in [-0.3, -0.25) is 4.79 Å². The number of halogens is 3. The minimum atomic E-state index is -4.41. The number of methoxy groups -OCH3 is 1. The molecule has 0 fully saturated rings. The van der Waals surface area contributed by atoms with Crippen molar-refractivity contribution in [3.8, 4) is 5.75 Å². The molecule has 1 unspecified atom stereocenters. The monoisotopic (exact) mass is 374 g/mol. The minimum absolute atomic E-state index is 0.100. The lowest BCUT2D eigenvalue weighted by Gasteiger charge is -2.13. The highest BCUT2D eigenvalue weighted by Crippen LogP contribution is 2.33. The predicted octanol–water partition coefficient (Wildman–Crippen LogP) is 4.09. The molecule has 3 aromatic rings. The summed E-state index contributed by atoms with van der Waals surface area (Å²) in [6, 6.07) is 9.96. The maximum atomic E-state index is 12.6. The van der Waals surface area contributed by atoms with Gasteiger partial charge in [0.15, 0.2) is 0 Å². The van der Waals surface area contributed by atoms with Gasteiger partial charge in [-0.15, -0.1) is 0 Å². The minimum Gasteiger partial charge on any atom is -0.497 e. The van der Waals surface area contributed by atoms with Crippen molar-refractivity contribution in [2.45, 2.75) is 25.1 Å². The summed E-state index contributed by atoms with van der Waals surface area (Å²) in [7, 11) is 1.61. The van der Waals surface area contributed by atoms with Crippen LogP contribution >= 0.6 is 0 Å². The molecule has 0 radical (unpaired) electrons. The Morgan fingerprint density at radius 2 is 1.89 bits per heavy atom. The largest absolute Gasteiger partial charge is 0.497 e. The van der Waals surface area contributed by atoms with Gasteiger partial charge in [0.05, 0.1) is 12.7 Å². The van der Waals surface area contributed by atoms with Crippen molar-refractivity contribution in [3.05, 3.63) is 64.8 Å². The number of rotatable bonds is 3. The number of ether oxygens (including phenoxy) is 1. The molecule has 1 heterocycles. The molecule has 2 N–H and O–H groups in total. The Labute approximate surface area is 153 Å². The first-order valence-corrected chi connectivity index (χ1v) is 8.51. The SMILES string of the molecule is COc1ccc2[nH]c3c(c2c1)CC(NC(=O)c1ccc(C(F)(F)F)cc1)C3. The van der Waals surface area contributed by atoms with Crippen LogP contribution in [0.3, 0.4) is 0 Å². The lowest BCUT2D eigenvalue weighted by molar-refractivity contribution is -0.137. The molecule has 2 aromatic carbocycles. The number of benzene rings is 2. The number of aromatic amines is 1. The maximum Gasteiger partial charge on any atom is 0.416 e. The molecule has 4 rings (SSSR count). The Bertz CT molecular complexity index is 1010. The van der Waals surface area contributed by atoms with E-state index in [1.54, 1.807) is 7.11 Å². The van der Waals surface area contributed by atoms with Crippen LogP contribution in [0.1, 0.15) is 27.2 Å². The maximum absolute atomic E-state index is 12.6. The lowest BCUT2D eigenvalue weighted by atomic mass is 10.1. The quantitative estimate of drug-likeness (QED) is 0.726. The van der Waals surface area contributed by atoms with E-state index in [9.17, 15) is 18.0 Å². The summed E-state index contributed by atoms with van der Waals surface area (Å²) in [6.07, 6.45) is -3.10. The van der Waals surface area contributed by atoms with Gasteiger partial charge in [0.2, 0.25) is 0 Å². The molecule has 0 spiro atoms. The number of aromatic nitrogens is 1. The van der Waals surface area contributed by atoms with Crippen LogP contribution in [0.25, 0.3) is 10.9 Å². The highest BCUT2D eigenvalue weighted by molar-refractivity contribution is 5.94. The van der Waals surface area contributed by atoms with Gasteiger partial charge in [-0.05, 0) is 54.4 Å². The van der Waals surface area contributed by atoms with Crippen molar-refractivity contribution < 1.29 is 22.7 Å². The second-order valence-corrected chi connectivity index (χ2v) is 6.65. The smallest absolute Gasteiger partial charge is 0.416 e. The fourth-order valence-corrected chi connectivity index (χ4v) is 3.56. The molecule has 7 heteroatoms. The summed E-state index contributed by atoms with van der Waals surface area (Å²) in [5.74, 6) is 0.391. The van der Waals surface area contributed by atoms with Gasteiger partial charge in [-0.2, -0.15) is 13.2 Å². The number of carbonyl (C=O) groups is 1. The van der Waals surface area contributed by atoms with Gasteiger partial charge in [0.1, 0.15) is 5.75 Å². The van der Waals surface area contributed by atoms with E-state index in [0.717, 1.165) is 40.0 Å². The topological polar surface area (TPSA) is 54.1 Å². The molecule has 0 bridgehead atoms. The number of nitrogens with one attached hydrogen (secondary N) is 2. The Morgan fingerprint density at radius 1 is 1.15 bits per heavy atom. The average Bonchev–Trinajstić information content (AvgIpc) is 3.17. The third-order valence-electron chi connectivity index (χ3n) is 4.91. The molecule has 140 valence electrons. The average molecular weight is 374 g/mol. The van der Waals surface area contributed by atoms with Gasteiger partial charge < -0.3 is 15.0 Å². The van der Waals surface area contributed by atoms with Gasteiger partial charge in [-0.1, -0.05) is 0 Å². The first-order chi connectivity index (χ1) is 12.8. The van der Waals surface area contributed by atoms with Crippen molar-refractivity contribution in [3.63, 3.8) is 0 Å². The predicted molar refractivity (Wildman–Crippen MR) is 95.0 cm³/mol. The summed E-state index contributed by atoms with van der Waals surface area (Å²) in [5, 5.41) is 3.97. The lowest BCUT2D eigenvalue weighted by Crippen LogP contribution is -2.35. The zero-order chi connectivity index (χ0) is 19.2. The van der Waals surface area contributed by atoms with Crippen molar-refractivity contribution in [1.82, 2.24) is 10.3 Å². The van der Waals surface area contributed by atoms with Crippen molar-refractivity contribution in [2.24, 2.45) is 0 Å². The van der Waals surface area contributed by atoms with Crippen molar-refractivity contribution in [1.29, 1.82) is 0 Å². The van der Waals surface area contributed by atoms with E-state index >= 15 is 0 Å². The summed E-state index contributed by atoms with van der Waals surface area (Å²) in [6.45, 7) is 0. The van der Waals surface area contributed by atoms with Gasteiger partial charge in [0, 0.05) is 34.6 Å². The Morgan fingerprint density at radius 3 is 2.56 bits per heavy atom. The molecule has 1 aliphatic carbocycles. The van der Waals surface area contributed by atoms with Crippen LogP contribution in [-0.4, -0.2) is 24.0 Å². The third kappa shape index (κ3) is 3.25. The van der Waals surface area contributed by atoms with Crippen LogP contribution in [0.2, 0.25) is 0 Å². The fourth-order valence-electron chi connectivity index (χ4n) is 3.56. The Kier molecular flexibility index (Phi) is 4.09. The molecule has 0 saturated heterocycles. The second-order valence-electron chi connectivity index (χ2n) is 6.65. The van der Waals surface area contributed by atoms with E-state index in [2.05, 4.69) is 10.3 Å². The summed E-state index contributed by atoms with van der Waals surface area (Å²) >= 11 is 0. The molecule has 4 nitrogen and oxygen atoms in total. The molecular weight excluding hydrogens is 357 g/mol. The van der Waals surface area contributed by atoms with E-state index in [0.29, 0.717) is 12.8 Å². The van der Waals surface area contributed by atoms with Gasteiger partial charge in [-0.25, -0.2) is 0 Å². The van der Waals surface area contributed by atoms with E-state index in [-0.39, 0.29) is 17.5 Å². The molecule has 1 amide bonds. The van der Waals surface area contributed by atoms with Crippen molar-refractivity contribution in [2.75, 3.05) is 7.11 Å². The fraction of sp³-hybridized carbons (Fsp3) is 0.250. The molecule has 27 heavy (non-hydrogen) atoms. The molecular formula is C20H17F3N2O2. The van der Waals surface area contributed by atoms with E-state index in [4.69, 9.17) is 4.74 Å². The first kappa shape index (κ1) is 17.5. The number of H-pyrrole nitrogens is 1. The Balaban J connectivity index is 1.48. The summed E-state index contributed by atoms with van der Waals surface area (Å²) in [5.41, 5.74) is 2.67. The molecule has 0 aliphatic heterocycles. The number of alkyl halides is 3. The van der Waals surface area contributed by atoms with Crippen LogP contribution in [-0.2, 0) is 19.0 Å². The molecule has 1 atom stereocenters. The van der Waals surface area contributed by atoms with Gasteiger partial charge >= 0.3 is 6.18 Å². The number of hydrogen-bond donors (Lipinski definition) is 2. The number of hydrogen-bond acceptors (Lipinski definition) is 2. The summed E-state index contributed by atoms with van der Waals surface area (Å²) in [4.78, 5) is 15.7. The molecule has 1 aromatic heterocycles. The molecule has 0 saturated carbocycles. The van der Waals surface area contributed by atoms with Crippen LogP contribution < -0.4 is 10.1 Å². The zero-order valence-electron chi connectivity index (χ0n) is 14.5. The summed E-state index contributed by atoms with van der Waals surface area (Å²) < 4.78 is 43.2. The third-order valence-corrected chi connectivity index (χ3v) is 4.91. The second kappa shape index (κ2) is 6.33. The normalized spacial score (nSPS) is 16.4. The standard InChI is InChI=1S/C20H17F3N2O2/c1-27-14-6-7-17-16(10-14)15-8-13(9-18(15)25-17)24-19(26)11-2-4-12(5-3-11)20(21,22)23/h2-7,10,13,25H,8-9H2,1H3,(H,24,26).